The van der Waals surface area contributed by atoms with Gasteiger partial charge >= 0.3 is 6.03 Å². The third-order valence-corrected chi connectivity index (χ3v) is 6.13. The second-order valence-corrected chi connectivity index (χ2v) is 8.50. The fraction of sp³-hybridized carbons (Fsp3) is 0.391. The highest BCUT2D eigenvalue weighted by atomic mass is 16.2. The van der Waals surface area contributed by atoms with Crippen LogP contribution in [0.15, 0.2) is 30.5 Å². The average molecular weight is 422 g/mol. The monoisotopic (exact) mass is 421 g/mol. The number of anilines is 1. The van der Waals surface area contributed by atoms with Gasteiger partial charge in [0.1, 0.15) is 11.4 Å². The topological polar surface area (TPSA) is 94.6 Å². The van der Waals surface area contributed by atoms with Gasteiger partial charge in [-0.15, -0.1) is 0 Å². The van der Waals surface area contributed by atoms with E-state index in [9.17, 15) is 14.4 Å². The minimum atomic E-state index is -1.13. The Morgan fingerprint density at radius 3 is 2.32 bits per heavy atom. The Bertz CT molecular complexity index is 1070. The second kappa shape index (κ2) is 7.68. The standard InChI is InChI=1S/C23H27N5O3/c1-14-11-16(3)19(24-13-14)27-7-9-28(10-8-27)20(29)18-6-5-17(12-15(18)2)23(4)21(30)25-22(31)26-23/h5-6,11-13H,7-10H2,1-4H3,(H2,25,26,30,31)/t23-/m0/s1. The zero-order valence-electron chi connectivity index (χ0n) is 18.3. The number of pyridine rings is 1. The molecule has 0 unspecified atom stereocenters. The summed E-state index contributed by atoms with van der Waals surface area (Å²) in [4.78, 5) is 45.5. The highest BCUT2D eigenvalue weighted by Gasteiger charge is 2.43. The van der Waals surface area contributed by atoms with Gasteiger partial charge in [-0.1, -0.05) is 18.2 Å². The van der Waals surface area contributed by atoms with Gasteiger partial charge in [-0.05, 0) is 56.0 Å². The molecule has 8 nitrogen and oxygen atoms in total. The summed E-state index contributed by atoms with van der Waals surface area (Å²) in [6, 6.07) is 6.89. The summed E-state index contributed by atoms with van der Waals surface area (Å²) in [6.07, 6.45) is 1.87. The number of aromatic nitrogens is 1. The van der Waals surface area contributed by atoms with E-state index in [0.29, 0.717) is 24.2 Å². The van der Waals surface area contributed by atoms with E-state index in [1.165, 1.54) is 0 Å². The molecule has 4 rings (SSSR count). The molecule has 2 aliphatic rings. The molecule has 31 heavy (non-hydrogen) atoms. The normalized spacial score (nSPS) is 21.2. The van der Waals surface area contributed by atoms with Crippen LogP contribution in [0.2, 0.25) is 0 Å². The van der Waals surface area contributed by atoms with Gasteiger partial charge in [0.05, 0.1) is 0 Å². The number of urea groups is 1. The smallest absolute Gasteiger partial charge is 0.322 e. The van der Waals surface area contributed by atoms with Gasteiger partial charge in [-0.3, -0.25) is 14.9 Å². The number of hydrogen-bond acceptors (Lipinski definition) is 5. The molecule has 1 atom stereocenters. The average Bonchev–Trinajstić information content (AvgIpc) is 3.00. The van der Waals surface area contributed by atoms with Crippen LogP contribution < -0.4 is 15.5 Å². The van der Waals surface area contributed by atoms with Gasteiger partial charge in [0.25, 0.3) is 11.8 Å². The maximum absolute atomic E-state index is 13.1. The molecule has 3 heterocycles. The lowest BCUT2D eigenvalue weighted by molar-refractivity contribution is -0.123. The Labute approximate surface area is 181 Å². The molecule has 2 aliphatic heterocycles. The van der Waals surface area contributed by atoms with Crippen LogP contribution in [0.25, 0.3) is 0 Å². The van der Waals surface area contributed by atoms with E-state index in [1.54, 1.807) is 25.1 Å². The summed E-state index contributed by atoms with van der Waals surface area (Å²) in [5.74, 6) is 0.554. The molecule has 2 aromatic rings. The molecule has 162 valence electrons. The largest absolute Gasteiger partial charge is 0.353 e. The summed E-state index contributed by atoms with van der Waals surface area (Å²) in [6.45, 7) is 10.3. The number of nitrogens with one attached hydrogen (secondary N) is 2. The van der Waals surface area contributed by atoms with Crippen LogP contribution >= 0.6 is 0 Å². The molecule has 0 aliphatic carbocycles. The molecule has 1 aromatic heterocycles. The minimum Gasteiger partial charge on any atom is -0.353 e. The third-order valence-electron chi connectivity index (χ3n) is 6.13. The maximum atomic E-state index is 13.1. The first-order valence-corrected chi connectivity index (χ1v) is 10.4. The van der Waals surface area contributed by atoms with Crippen LogP contribution in [0.1, 0.15) is 39.5 Å². The van der Waals surface area contributed by atoms with Crippen LogP contribution in [0, 0.1) is 20.8 Å². The van der Waals surface area contributed by atoms with Crippen molar-refractivity contribution in [2.75, 3.05) is 31.1 Å². The summed E-state index contributed by atoms with van der Waals surface area (Å²) < 4.78 is 0. The van der Waals surface area contributed by atoms with Crippen molar-refractivity contribution in [1.82, 2.24) is 20.5 Å². The number of benzene rings is 1. The SMILES string of the molecule is Cc1cnc(N2CCN(C(=O)c3ccc([C@]4(C)NC(=O)NC4=O)cc3C)CC2)c(C)c1. The second-order valence-electron chi connectivity index (χ2n) is 8.50. The quantitative estimate of drug-likeness (QED) is 0.740. The molecule has 2 fully saturated rings. The fourth-order valence-corrected chi connectivity index (χ4v) is 4.29. The van der Waals surface area contributed by atoms with Crippen molar-refractivity contribution in [3.05, 3.63) is 58.3 Å². The summed E-state index contributed by atoms with van der Waals surface area (Å²) in [5.41, 5.74) is 3.18. The Morgan fingerprint density at radius 1 is 1.03 bits per heavy atom. The highest BCUT2D eigenvalue weighted by molar-refractivity contribution is 6.07. The molecule has 0 spiro atoms. The molecular formula is C23H27N5O3. The van der Waals surface area contributed by atoms with Crippen LogP contribution in [0.5, 0.6) is 0 Å². The molecule has 0 radical (unpaired) electrons. The van der Waals surface area contributed by atoms with Gasteiger partial charge in [0.2, 0.25) is 0 Å². The molecular weight excluding hydrogens is 394 g/mol. The van der Waals surface area contributed by atoms with Gasteiger partial charge in [-0.2, -0.15) is 0 Å². The fourth-order valence-electron chi connectivity index (χ4n) is 4.29. The van der Waals surface area contributed by atoms with Crippen LogP contribution in [-0.2, 0) is 10.3 Å². The van der Waals surface area contributed by atoms with Crippen LogP contribution in [0.3, 0.4) is 0 Å². The van der Waals surface area contributed by atoms with Crippen LogP contribution in [-0.4, -0.2) is 53.9 Å². The predicted molar refractivity (Wildman–Crippen MR) is 117 cm³/mol. The Kier molecular flexibility index (Phi) is 5.16. The van der Waals surface area contributed by atoms with Crippen molar-refractivity contribution in [3.8, 4) is 0 Å². The molecule has 2 saturated heterocycles. The van der Waals surface area contributed by atoms with Crippen molar-refractivity contribution < 1.29 is 14.4 Å². The molecule has 2 N–H and O–H groups in total. The first kappa shape index (κ1) is 20.8. The zero-order valence-corrected chi connectivity index (χ0v) is 18.3. The molecule has 0 bridgehead atoms. The van der Waals surface area contributed by atoms with Gasteiger partial charge in [0, 0.05) is 37.9 Å². The van der Waals surface area contributed by atoms with E-state index >= 15 is 0 Å². The van der Waals surface area contributed by atoms with Crippen molar-refractivity contribution >= 4 is 23.7 Å². The zero-order chi connectivity index (χ0) is 22.3. The first-order valence-electron chi connectivity index (χ1n) is 10.4. The lowest BCUT2D eigenvalue weighted by Crippen LogP contribution is -2.49. The number of carbonyl (C=O) groups excluding carboxylic acids is 3. The predicted octanol–water partition coefficient (Wildman–Crippen LogP) is 2.02. The molecule has 0 saturated carbocycles. The van der Waals surface area contributed by atoms with Gasteiger partial charge < -0.3 is 15.1 Å². The Morgan fingerprint density at radius 2 is 1.74 bits per heavy atom. The summed E-state index contributed by atoms with van der Waals surface area (Å²) in [5, 5.41) is 4.92. The van der Waals surface area contributed by atoms with E-state index in [2.05, 4.69) is 33.5 Å². The number of imide groups is 1. The number of aryl methyl sites for hydroxylation is 3. The number of piperazine rings is 1. The molecule has 8 heteroatoms. The maximum Gasteiger partial charge on any atom is 0.322 e. The van der Waals surface area contributed by atoms with Crippen molar-refractivity contribution in [2.45, 2.75) is 33.2 Å². The van der Waals surface area contributed by atoms with E-state index in [-0.39, 0.29) is 5.91 Å². The van der Waals surface area contributed by atoms with Gasteiger partial charge in [-0.25, -0.2) is 9.78 Å². The number of amides is 4. The lowest BCUT2D eigenvalue weighted by Gasteiger charge is -2.36. The number of carbonyl (C=O) groups is 3. The highest BCUT2D eigenvalue weighted by Crippen LogP contribution is 2.27. The first-order chi connectivity index (χ1) is 14.7. The summed E-state index contributed by atoms with van der Waals surface area (Å²) in [7, 11) is 0. The minimum absolute atomic E-state index is 0.0256. The number of rotatable bonds is 3. The van der Waals surface area contributed by atoms with E-state index in [4.69, 9.17) is 0 Å². The Hall–Kier alpha value is -3.42. The number of nitrogens with zero attached hydrogens (tertiary/aromatic N) is 3. The summed E-state index contributed by atoms with van der Waals surface area (Å²) >= 11 is 0. The van der Waals surface area contributed by atoms with Crippen LogP contribution in [0.4, 0.5) is 10.6 Å². The third kappa shape index (κ3) is 3.73. The lowest BCUT2D eigenvalue weighted by atomic mass is 9.89. The van der Waals surface area contributed by atoms with E-state index < -0.39 is 17.5 Å². The van der Waals surface area contributed by atoms with Crippen molar-refractivity contribution in [3.63, 3.8) is 0 Å². The van der Waals surface area contributed by atoms with Crippen molar-refractivity contribution in [2.24, 2.45) is 0 Å². The Balaban J connectivity index is 1.47. The van der Waals surface area contributed by atoms with Crippen molar-refractivity contribution in [1.29, 1.82) is 0 Å². The molecule has 4 amide bonds. The molecule has 1 aromatic carbocycles. The van der Waals surface area contributed by atoms with Gasteiger partial charge in [0.15, 0.2) is 0 Å². The van der Waals surface area contributed by atoms with E-state index in [0.717, 1.165) is 35.6 Å². The van der Waals surface area contributed by atoms with E-state index in [1.807, 2.05) is 24.9 Å². The number of hydrogen-bond donors (Lipinski definition) is 2.